The summed E-state index contributed by atoms with van der Waals surface area (Å²) in [6.45, 7) is 1.58. The van der Waals surface area contributed by atoms with Crippen LogP contribution in [0.25, 0.3) is 16.6 Å². The third kappa shape index (κ3) is 3.83. The Morgan fingerprint density at radius 3 is 2.30 bits per heavy atom. The van der Waals surface area contributed by atoms with Gasteiger partial charge in [-0.25, -0.2) is 13.4 Å². The Bertz CT molecular complexity index is 1270. The average Bonchev–Trinajstić information content (AvgIpc) is 3.17. The highest BCUT2D eigenvalue weighted by Crippen LogP contribution is 2.29. The topological polar surface area (TPSA) is 83.7 Å². The molecule has 2 aromatic heterocycles. The van der Waals surface area contributed by atoms with Gasteiger partial charge in [0, 0.05) is 25.5 Å². The van der Waals surface area contributed by atoms with E-state index in [2.05, 4.69) is 15.2 Å². The van der Waals surface area contributed by atoms with Crippen LogP contribution in [0.2, 0.25) is 0 Å². The maximum Gasteiger partial charge on any atom is 0.229 e. The lowest BCUT2D eigenvalue weighted by molar-refractivity contribution is 0.416. The lowest BCUT2D eigenvalue weighted by atomic mass is 10.2. The van der Waals surface area contributed by atoms with E-state index in [1.807, 2.05) is 50.3 Å². The summed E-state index contributed by atoms with van der Waals surface area (Å²) >= 11 is 0. The third-order valence-electron chi connectivity index (χ3n) is 4.75. The Balaban J connectivity index is 0.00000256. The molecular formula is C20H23ClN6O2S. The van der Waals surface area contributed by atoms with E-state index in [-0.39, 0.29) is 28.0 Å². The number of aromatic nitrogens is 4. The van der Waals surface area contributed by atoms with Gasteiger partial charge in [0.2, 0.25) is 14.9 Å². The number of hydrogen-bond donors (Lipinski definition) is 0. The molecule has 158 valence electrons. The van der Waals surface area contributed by atoms with Crippen molar-refractivity contribution < 1.29 is 8.42 Å². The van der Waals surface area contributed by atoms with Crippen LogP contribution in [0.1, 0.15) is 0 Å². The van der Waals surface area contributed by atoms with E-state index in [0.29, 0.717) is 5.82 Å². The number of fused-ring (bicyclic) bond motifs is 3. The van der Waals surface area contributed by atoms with Crippen LogP contribution in [-0.4, -0.2) is 67.4 Å². The Kier molecular flexibility index (Phi) is 6.25. The first-order chi connectivity index (χ1) is 13.9. The van der Waals surface area contributed by atoms with Crippen LogP contribution in [0, 0.1) is 0 Å². The van der Waals surface area contributed by atoms with Crippen molar-refractivity contribution in [3.63, 3.8) is 0 Å². The van der Waals surface area contributed by atoms with Crippen LogP contribution in [0.5, 0.6) is 0 Å². The molecule has 0 aliphatic heterocycles. The highest BCUT2D eigenvalue weighted by molar-refractivity contribution is 7.91. The number of nitrogens with zero attached hydrogens (tertiary/aromatic N) is 6. The van der Waals surface area contributed by atoms with Gasteiger partial charge in [-0.1, -0.05) is 35.5 Å². The molecule has 8 nitrogen and oxygen atoms in total. The van der Waals surface area contributed by atoms with Crippen LogP contribution in [0.15, 0.2) is 64.5 Å². The maximum atomic E-state index is 13.2. The van der Waals surface area contributed by atoms with Gasteiger partial charge in [0.1, 0.15) is 5.82 Å². The third-order valence-corrected chi connectivity index (χ3v) is 6.42. The van der Waals surface area contributed by atoms with Crippen molar-refractivity contribution in [1.29, 1.82) is 0 Å². The number of halogens is 1. The minimum Gasteiger partial charge on any atom is -0.358 e. The predicted octanol–water partition coefficient (Wildman–Crippen LogP) is 2.53. The van der Waals surface area contributed by atoms with E-state index in [4.69, 9.17) is 4.98 Å². The molecule has 0 amide bonds. The standard InChI is InChI=1S/C20H22N6O2S.ClH/c1-24(2)13-14-25(3)18-16-11-7-8-12-17(16)26-19(21-18)20(22-23-26)29(27,28)15-9-5-4-6-10-15;/h4-12H,13-14H2,1-3H3;1H. The molecule has 0 radical (unpaired) electrons. The number of sulfone groups is 1. The van der Waals surface area contributed by atoms with Crippen LogP contribution >= 0.6 is 12.4 Å². The first-order valence-electron chi connectivity index (χ1n) is 9.20. The summed E-state index contributed by atoms with van der Waals surface area (Å²) in [6, 6.07) is 15.9. The second-order valence-electron chi connectivity index (χ2n) is 7.12. The summed E-state index contributed by atoms with van der Waals surface area (Å²) in [7, 11) is 2.12. The number of anilines is 1. The number of likely N-dealkylation sites (N-methyl/N-ethyl adjacent to an activating group) is 2. The fraction of sp³-hybridized carbons (Fsp3) is 0.250. The van der Waals surface area contributed by atoms with Crippen LogP contribution in [0.3, 0.4) is 0 Å². The average molecular weight is 447 g/mol. The van der Waals surface area contributed by atoms with E-state index >= 15 is 0 Å². The lowest BCUT2D eigenvalue weighted by Gasteiger charge is -2.22. The fourth-order valence-electron chi connectivity index (χ4n) is 3.16. The van der Waals surface area contributed by atoms with Crippen LogP contribution in [-0.2, 0) is 9.84 Å². The summed E-state index contributed by atoms with van der Waals surface area (Å²) in [4.78, 5) is 8.97. The van der Waals surface area contributed by atoms with Gasteiger partial charge in [-0.3, -0.25) is 0 Å². The highest BCUT2D eigenvalue weighted by atomic mass is 35.5. The molecule has 0 bridgehead atoms. The molecule has 0 N–H and O–H groups in total. The zero-order valence-corrected chi connectivity index (χ0v) is 18.6. The van der Waals surface area contributed by atoms with Gasteiger partial charge in [0.05, 0.1) is 10.4 Å². The Labute approximate surface area is 181 Å². The smallest absolute Gasteiger partial charge is 0.229 e. The summed E-state index contributed by atoms with van der Waals surface area (Å²) in [5, 5.41) is 8.86. The molecule has 4 aromatic rings. The minimum absolute atomic E-state index is 0. The molecule has 0 spiro atoms. The highest BCUT2D eigenvalue weighted by Gasteiger charge is 2.27. The molecular weight excluding hydrogens is 424 g/mol. The van der Waals surface area contributed by atoms with Gasteiger partial charge in [-0.15, -0.1) is 17.5 Å². The van der Waals surface area contributed by atoms with Crippen molar-refractivity contribution in [2.45, 2.75) is 9.92 Å². The van der Waals surface area contributed by atoms with Crippen molar-refractivity contribution in [2.24, 2.45) is 0 Å². The number of para-hydroxylation sites is 1. The van der Waals surface area contributed by atoms with Crippen molar-refractivity contribution in [1.82, 2.24) is 24.7 Å². The Hall–Kier alpha value is -2.75. The van der Waals surface area contributed by atoms with Gasteiger partial charge in [0.15, 0.2) is 5.65 Å². The monoisotopic (exact) mass is 446 g/mol. The molecule has 10 heteroatoms. The molecule has 0 atom stereocenters. The Morgan fingerprint density at radius 2 is 1.60 bits per heavy atom. The van der Waals surface area contributed by atoms with Crippen molar-refractivity contribution in [3.05, 3.63) is 54.6 Å². The van der Waals surface area contributed by atoms with Gasteiger partial charge in [-0.05, 0) is 38.4 Å². The number of rotatable bonds is 6. The lowest BCUT2D eigenvalue weighted by Crippen LogP contribution is -2.29. The fourth-order valence-corrected chi connectivity index (χ4v) is 4.42. The second kappa shape index (κ2) is 8.55. The predicted molar refractivity (Wildman–Crippen MR) is 119 cm³/mol. The van der Waals surface area contributed by atoms with E-state index in [0.717, 1.165) is 24.0 Å². The first kappa shape index (κ1) is 21.9. The molecule has 30 heavy (non-hydrogen) atoms. The van der Waals surface area contributed by atoms with Crippen LogP contribution in [0.4, 0.5) is 5.82 Å². The molecule has 4 rings (SSSR count). The summed E-state index contributed by atoms with van der Waals surface area (Å²) < 4.78 is 27.8. The molecule has 2 aromatic carbocycles. The molecule has 0 saturated heterocycles. The van der Waals surface area contributed by atoms with E-state index in [1.54, 1.807) is 30.3 Å². The van der Waals surface area contributed by atoms with Crippen molar-refractivity contribution in [3.8, 4) is 0 Å². The van der Waals surface area contributed by atoms with E-state index in [1.165, 1.54) is 4.52 Å². The normalized spacial score (nSPS) is 11.7. The molecule has 0 aliphatic carbocycles. The van der Waals surface area contributed by atoms with Gasteiger partial charge < -0.3 is 9.80 Å². The molecule has 2 heterocycles. The minimum atomic E-state index is -3.84. The zero-order chi connectivity index (χ0) is 20.6. The number of benzene rings is 2. The molecule has 0 saturated carbocycles. The molecule has 0 fully saturated rings. The van der Waals surface area contributed by atoms with Gasteiger partial charge >= 0.3 is 0 Å². The van der Waals surface area contributed by atoms with Crippen LogP contribution < -0.4 is 4.90 Å². The molecule has 0 aliphatic rings. The first-order valence-corrected chi connectivity index (χ1v) is 10.7. The quantitative estimate of drug-likeness (QED) is 0.450. The van der Waals surface area contributed by atoms with E-state index < -0.39 is 9.84 Å². The Morgan fingerprint density at radius 1 is 0.933 bits per heavy atom. The molecule has 0 unspecified atom stereocenters. The van der Waals surface area contributed by atoms with Crippen molar-refractivity contribution >= 4 is 44.6 Å². The summed E-state index contributed by atoms with van der Waals surface area (Å²) in [6.07, 6.45) is 0. The SMILES string of the molecule is CN(C)CCN(C)c1nc2c(S(=O)(=O)c3ccccc3)nnn2c2ccccc12.Cl. The second-order valence-corrected chi connectivity index (χ2v) is 8.99. The maximum absolute atomic E-state index is 13.2. The van der Waals surface area contributed by atoms with E-state index in [9.17, 15) is 8.42 Å². The summed E-state index contributed by atoms with van der Waals surface area (Å²) in [5.41, 5.74) is 0.977. The number of hydrogen-bond acceptors (Lipinski definition) is 7. The van der Waals surface area contributed by atoms with Gasteiger partial charge in [0.25, 0.3) is 0 Å². The summed E-state index contributed by atoms with van der Waals surface area (Å²) in [5.74, 6) is 0.696. The largest absolute Gasteiger partial charge is 0.358 e. The van der Waals surface area contributed by atoms with Crippen molar-refractivity contribution in [2.75, 3.05) is 39.1 Å². The zero-order valence-electron chi connectivity index (χ0n) is 16.9. The van der Waals surface area contributed by atoms with Gasteiger partial charge in [-0.2, -0.15) is 4.52 Å².